The minimum absolute atomic E-state index is 0.233. The van der Waals surface area contributed by atoms with Gasteiger partial charge < -0.3 is 19.3 Å². The van der Waals surface area contributed by atoms with Crippen LogP contribution < -0.4 is 31.1 Å². The van der Waals surface area contributed by atoms with Crippen LogP contribution in [0.5, 0.6) is 0 Å². The monoisotopic (exact) mass is 1230 g/mol. The van der Waals surface area contributed by atoms with E-state index in [0.717, 1.165) is 56.5 Å². The van der Waals surface area contributed by atoms with Gasteiger partial charge in [-0.1, -0.05) is 291 Å². The van der Waals surface area contributed by atoms with E-state index >= 15 is 0 Å². The molecule has 4 aliphatic rings. The van der Waals surface area contributed by atoms with Crippen LogP contribution in [0.15, 0.2) is 370 Å². The van der Waals surface area contributed by atoms with Crippen LogP contribution >= 0.6 is 0 Å². The average Bonchev–Trinajstić information content (AvgIpc) is 1.51. The highest BCUT2D eigenvalue weighted by molar-refractivity contribution is 7.00. The predicted molar refractivity (Wildman–Crippen MR) is 404 cm³/mol. The Hall–Kier alpha value is -12.4. The molecule has 0 N–H and O–H groups in total. The van der Waals surface area contributed by atoms with E-state index in [1.54, 1.807) is 0 Å². The molecule has 452 valence electrons. The van der Waals surface area contributed by atoms with Crippen molar-refractivity contribution in [3.05, 3.63) is 415 Å². The van der Waals surface area contributed by atoms with Crippen LogP contribution in [0.4, 0.5) is 51.2 Å². The Morgan fingerprint density at radius 3 is 1.25 bits per heavy atom. The third-order valence-electron chi connectivity index (χ3n) is 21.4. The van der Waals surface area contributed by atoms with Gasteiger partial charge in [0.2, 0.25) is 0 Å². The Labute approximate surface area is 565 Å². The van der Waals surface area contributed by atoms with Crippen molar-refractivity contribution in [1.29, 1.82) is 0 Å². The summed E-state index contributed by atoms with van der Waals surface area (Å²) in [5.74, 6) is 0. The molecule has 97 heavy (non-hydrogen) atoms. The molecule has 0 unspecified atom stereocenters. The first-order chi connectivity index (χ1) is 48.2. The fraction of sp³-hybridized carbons (Fsp3) is 0.0217. The van der Waals surface area contributed by atoms with Gasteiger partial charge in [0.1, 0.15) is 0 Å². The van der Waals surface area contributed by atoms with Crippen molar-refractivity contribution in [3.63, 3.8) is 0 Å². The number of rotatable bonds is 10. The van der Waals surface area contributed by atoms with Crippen molar-refractivity contribution >= 4 is 96.1 Å². The number of hydrogen-bond donors (Lipinski definition) is 0. The fourth-order valence-electron chi connectivity index (χ4n) is 17.9. The van der Waals surface area contributed by atoms with Crippen LogP contribution in [0.1, 0.15) is 44.5 Å². The summed E-state index contributed by atoms with van der Waals surface area (Å²) in [5.41, 5.74) is 30.7. The lowest BCUT2D eigenvalue weighted by Crippen LogP contribution is -2.61. The molecule has 0 radical (unpaired) electrons. The normalized spacial score (nSPS) is 13.9. The second-order valence-electron chi connectivity index (χ2n) is 26.1. The van der Waals surface area contributed by atoms with Crippen molar-refractivity contribution in [2.75, 3.05) is 14.7 Å². The molecule has 2 aliphatic heterocycles. The molecule has 16 aromatic rings. The Balaban J connectivity index is 0.957. The van der Waals surface area contributed by atoms with Gasteiger partial charge in [0.25, 0.3) is 6.71 Å². The van der Waals surface area contributed by atoms with E-state index in [0.29, 0.717) is 0 Å². The maximum Gasteiger partial charge on any atom is 0.252 e. The summed E-state index contributed by atoms with van der Waals surface area (Å²) < 4.78 is 2.48. The first-order valence-corrected chi connectivity index (χ1v) is 33.8. The maximum absolute atomic E-state index is 2.66. The van der Waals surface area contributed by atoms with Crippen molar-refractivity contribution < 1.29 is 0 Å². The summed E-state index contributed by atoms with van der Waals surface area (Å²) in [6.45, 7) is -0.233. The van der Waals surface area contributed by atoms with Crippen molar-refractivity contribution in [2.45, 2.75) is 10.8 Å². The van der Waals surface area contributed by atoms with E-state index in [9.17, 15) is 0 Å². The molecule has 20 rings (SSSR count). The summed E-state index contributed by atoms with van der Waals surface area (Å²) >= 11 is 0. The molecule has 1 aromatic heterocycles. The standard InChI is InChI=1S/C92H61BN4/c1-9-32-62(33-10-1)91(63-34-11-2-12-35-63)74-51-28-25-48-71(74)85-76(91)53-31-55-81(85)94(66-40-17-5-18-41-66)70-60-83-88-84(61-70)97(69-46-23-8-24-47-69)90-79(58-59-82-87(90)73-50-27-30-54-80(73)95(82)67-42-19-6-20-43-67)93(88)78-57-56-77-86(89(78)96(83)68-44-21-7-22-45-68)72-49-26-29-52-75(72)92(77,64-36-13-3-14-37-64)65-38-15-4-16-39-65/h1-61H. The lowest BCUT2D eigenvalue weighted by Gasteiger charge is -2.46. The average molecular weight is 1230 g/mol. The van der Waals surface area contributed by atoms with E-state index in [1.807, 2.05) is 0 Å². The van der Waals surface area contributed by atoms with Crippen molar-refractivity contribution in [3.8, 4) is 27.9 Å². The molecular weight excluding hydrogens is 1170 g/mol. The molecule has 4 nitrogen and oxygen atoms in total. The topological polar surface area (TPSA) is 14.7 Å². The molecule has 0 saturated heterocycles. The Morgan fingerprint density at radius 2 is 0.701 bits per heavy atom. The highest BCUT2D eigenvalue weighted by Gasteiger charge is 2.53. The molecule has 0 spiro atoms. The van der Waals surface area contributed by atoms with E-state index in [-0.39, 0.29) is 6.71 Å². The number of aromatic nitrogens is 1. The number of anilines is 9. The van der Waals surface area contributed by atoms with Gasteiger partial charge in [0.15, 0.2) is 0 Å². The first-order valence-electron chi connectivity index (χ1n) is 33.8. The highest BCUT2D eigenvalue weighted by Crippen LogP contribution is 2.63. The molecule has 15 aromatic carbocycles. The van der Waals surface area contributed by atoms with Crippen LogP contribution in [0, 0.1) is 0 Å². The highest BCUT2D eigenvalue weighted by atomic mass is 15.2. The molecular formula is C92H61BN4. The summed E-state index contributed by atoms with van der Waals surface area (Å²) in [6.07, 6.45) is 0. The van der Waals surface area contributed by atoms with Gasteiger partial charge in [-0.3, -0.25) is 0 Å². The van der Waals surface area contributed by atoms with Crippen molar-refractivity contribution in [1.82, 2.24) is 4.57 Å². The maximum atomic E-state index is 2.66. The van der Waals surface area contributed by atoms with E-state index < -0.39 is 10.8 Å². The second-order valence-corrected chi connectivity index (χ2v) is 26.1. The molecule has 0 atom stereocenters. The van der Waals surface area contributed by atoms with Crippen LogP contribution in [0.3, 0.4) is 0 Å². The van der Waals surface area contributed by atoms with Gasteiger partial charge in [-0.05, 0) is 151 Å². The Kier molecular flexibility index (Phi) is 12.2. The lowest BCUT2D eigenvalue weighted by molar-refractivity contribution is 0.768. The Bertz CT molecular complexity index is 5680. The third-order valence-corrected chi connectivity index (χ3v) is 21.4. The van der Waals surface area contributed by atoms with E-state index in [1.165, 1.54) is 105 Å². The van der Waals surface area contributed by atoms with Crippen LogP contribution in [0.25, 0.3) is 49.7 Å². The SMILES string of the molecule is c1ccc(N(c2cc3c4c(c2)N(c2ccccc2)c2c(ccc5c2c2ccccc2n5-c2ccccc2)B4c2ccc4c(c2N3c2ccccc2)-c2ccccc2C4(c2ccccc2)c2ccccc2)c2cccc3c2-c2ccccc2C3(c2ccccc2)c2ccccc2)cc1. The molecule has 0 bridgehead atoms. The zero-order valence-corrected chi connectivity index (χ0v) is 53.1. The molecule has 0 saturated carbocycles. The van der Waals surface area contributed by atoms with Gasteiger partial charge in [-0.15, -0.1) is 0 Å². The molecule has 3 heterocycles. The van der Waals surface area contributed by atoms with Gasteiger partial charge in [-0.2, -0.15) is 0 Å². The molecule has 5 heteroatoms. The summed E-state index contributed by atoms with van der Waals surface area (Å²) in [6, 6.07) is 139. The minimum atomic E-state index is -0.651. The zero-order valence-electron chi connectivity index (χ0n) is 53.1. The number of hydrogen-bond acceptors (Lipinski definition) is 3. The van der Waals surface area contributed by atoms with Crippen LogP contribution in [-0.2, 0) is 10.8 Å². The molecule has 0 amide bonds. The number of fused-ring (bicyclic) bond motifs is 15. The van der Waals surface area contributed by atoms with Gasteiger partial charge in [-0.25, -0.2) is 0 Å². The smallest absolute Gasteiger partial charge is 0.252 e. The largest absolute Gasteiger partial charge is 0.311 e. The summed E-state index contributed by atoms with van der Waals surface area (Å²) in [7, 11) is 0. The predicted octanol–water partition coefficient (Wildman–Crippen LogP) is 21.1. The quantitative estimate of drug-likeness (QED) is 0.127. The zero-order chi connectivity index (χ0) is 63.8. The first kappa shape index (κ1) is 55.1. The van der Waals surface area contributed by atoms with E-state index in [2.05, 4.69) is 389 Å². The van der Waals surface area contributed by atoms with Crippen molar-refractivity contribution in [2.24, 2.45) is 0 Å². The second kappa shape index (κ2) is 21.6. The van der Waals surface area contributed by atoms with Crippen LogP contribution in [0.2, 0.25) is 0 Å². The van der Waals surface area contributed by atoms with E-state index in [4.69, 9.17) is 0 Å². The van der Waals surface area contributed by atoms with Gasteiger partial charge in [0, 0.05) is 61.7 Å². The van der Waals surface area contributed by atoms with Gasteiger partial charge >= 0.3 is 0 Å². The molecule has 2 aliphatic carbocycles. The number of benzene rings is 15. The fourth-order valence-corrected chi connectivity index (χ4v) is 17.9. The third kappa shape index (κ3) is 7.71. The summed E-state index contributed by atoms with van der Waals surface area (Å²) in [5, 5.41) is 2.41. The number of para-hydroxylation sites is 5. The minimum Gasteiger partial charge on any atom is -0.311 e. The van der Waals surface area contributed by atoms with Crippen LogP contribution in [-0.4, -0.2) is 11.3 Å². The molecule has 0 fully saturated rings. The van der Waals surface area contributed by atoms with Gasteiger partial charge in [0.05, 0.1) is 38.9 Å². The lowest BCUT2D eigenvalue weighted by atomic mass is 9.33. The Morgan fingerprint density at radius 1 is 0.289 bits per heavy atom. The summed E-state index contributed by atoms with van der Waals surface area (Å²) in [4.78, 5) is 7.87. The number of nitrogens with zero attached hydrogens (tertiary/aromatic N) is 4.